The third-order valence-corrected chi connectivity index (χ3v) is 7.34. The lowest BCUT2D eigenvalue weighted by atomic mass is 9.82. The number of carbonyl (C=O) groups is 3. The molecule has 10 nitrogen and oxygen atoms in total. The molecule has 10 heteroatoms. The van der Waals surface area contributed by atoms with Gasteiger partial charge in [0.15, 0.2) is 11.5 Å². The van der Waals surface area contributed by atoms with E-state index in [2.05, 4.69) is 5.32 Å². The molecule has 2 heterocycles. The lowest BCUT2D eigenvalue weighted by molar-refractivity contribution is -0.145. The molecular weight excluding hydrogens is 500 g/mol. The van der Waals surface area contributed by atoms with Gasteiger partial charge in [0.1, 0.15) is 6.04 Å². The van der Waals surface area contributed by atoms with Crippen molar-refractivity contribution < 1.29 is 29.0 Å². The number of nitrogens with zero attached hydrogens (tertiary/aromatic N) is 3. The van der Waals surface area contributed by atoms with Crippen molar-refractivity contribution in [3.63, 3.8) is 0 Å². The first-order chi connectivity index (χ1) is 18.6. The molecule has 1 saturated heterocycles. The number of piperidine rings is 1. The average molecular weight is 537 g/mol. The molecule has 2 N–H and O–H groups in total. The van der Waals surface area contributed by atoms with Crippen LogP contribution in [0.4, 0.5) is 4.79 Å². The molecule has 2 aliphatic rings. The van der Waals surface area contributed by atoms with Crippen LogP contribution in [0.1, 0.15) is 44.2 Å². The Balaban J connectivity index is 1.49. The van der Waals surface area contributed by atoms with Gasteiger partial charge in [0.25, 0.3) is 0 Å². The van der Waals surface area contributed by atoms with Crippen molar-refractivity contribution in [3.8, 4) is 11.5 Å². The van der Waals surface area contributed by atoms with Gasteiger partial charge in [-0.2, -0.15) is 5.10 Å². The number of rotatable bonds is 8. The van der Waals surface area contributed by atoms with Crippen LogP contribution in [0.2, 0.25) is 0 Å². The maximum atomic E-state index is 13.4. The number of carboxylic acid groups (broad SMARTS) is 1. The highest BCUT2D eigenvalue weighted by Crippen LogP contribution is 2.36. The van der Waals surface area contributed by atoms with Crippen LogP contribution in [0.25, 0.3) is 0 Å². The molecule has 208 valence electrons. The van der Waals surface area contributed by atoms with Crippen molar-refractivity contribution in [1.82, 2.24) is 15.2 Å². The molecule has 0 aromatic heterocycles. The van der Waals surface area contributed by atoms with E-state index in [1.807, 2.05) is 62.4 Å². The molecule has 0 saturated carbocycles. The second-order valence-electron chi connectivity index (χ2n) is 10.6. The first kappa shape index (κ1) is 27.9. The van der Waals surface area contributed by atoms with E-state index in [4.69, 9.17) is 14.6 Å². The molecule has 2 aromatic carbocycles. The molecule has 1 atom stereocenters. The van der Waals surface area contributed by atoms with Crippen LogP contribution in [0.3, 0.4) is 0 Å². The molecule has 2 aliphatic heterocycles. The van der Waals surface area contributed by atoms with Gasteiger partial charge >= 0.3 is 6.09 Å². The van der Waals surface area contributed by atoms with Crippen molar-refractivity contribution in [3.05, 3.63) is 59.7 Å². The zero-order valence-corrected chi connectivity index (χ0v) is 22.8. The highest BCUT2D eigenvalue weighted by Gasteiger charge is 2.42. The van der Waals surface area contributed by atoms with Crippen molar-refractivity contribution in [2.24, 2.45) is 10.5 Å². The molecule has 4 rings (SSSR count). The summed E-state index contributed by atoms with van der Waals surface area (Å²) in [7, 11) is 3.16. The van der Waals surface area contributed by atoms with Gasteiger partial charge in [0, 0.05) is 31.5 Å². The van der Waals surface area contributed by atoms with Crippen LogP contribution in [0.5, 0.6) is 11.5 Å². The fourth-order valence-electron chi connectivity index (χ4n) is 5.19. The zero-order chi connectivity index (χ0) is 28.2. The van der Waals surface area contributed by atoms with Crippen molar-refractivity contribution >= 4 is 23.6 Å². The number of carbonyl (C=O) groups excluding carboxylic acids is 2. The Morgan fingerprint density at radius 2 is 1.74 bits per heavy atom. The van der Waals surface area contributed by atoms with Crippen LogP contribution in [-0.2, 0) is 16.0 Å². The Kier molecular flexibility index (Phi) is 8.42. The molecular formula is C29H36N4O6. The van der Waals surface area contributed by atoms with Gasteiger partial charge in [-0.15, -0.1) is 0 Å². The van der Waals surface area contributed by atoms with E-state index in [0.29, 0.717) is 43.9 Å². The minimum Gasteiger partial charge on any atom is -0.493 e. The van der Waals surface area contributed by atoms with E-state index in [1.165, 1.54) is 0 Å². The predicted molar refractivity (Wildman–Crippen MR) is 146 cm³/mol. The molecule has 2 aromatic rings. The number of hydrazone groups is 1. The first-order valence-electron chi connectivity index (χ1n) is 13.1. The Bertz CT molecular complexity index is 1240. The fraction of sp³-hybridized carbons (Fsp3) is 0.448. The summed E-state index contributed by atoms with van der Waals surface area (Å²) in [5.41, 5.74) is 1.86. The number of amides is 3. The Morgan fingerprint density at radius 3 is 2.36 bits per heavy atom. The quantitative estimate of drug-likeness (QED) is 0.533. The highest BCUT2D eigenvalue weighted by molar-refractivity contribution is 6.06. The summed E-state index contributed by atoms with van der Waals surface area (Å²) >= 11 is 0. The SMILES string of the molecule is COc1ccc(C2=NN(C3CCN(C(=O)[C@H](Cc4ccccc4)NC(=O)O)CC3)C(=O)C(C)(C)C2)cc1OC. The van der Waals surface area contributed by atoms with Crippen LogP contribution in [0.15, 0.2) is 53.6 Å². The Morgan fingerprint density at radius 1 is 1.08 bits per heavy atom. The Hall–Kier alpha value is -4.08. The minimum atomic E-state index is -1.24. The van der Waals surface area contributed by atoms with Gasteiger partial charge < -0.3 is 24.8 Å². The molecule has 0 spiro atoms. The minimum absolute atomic E-state index is 0.0500. The summed E-state index contributed by atoms with van der Waals surface area (Å²) < 4.78 is 10.8. The van der Waals surface area contributed by atoms with Crippen molar-refractivity contribution in [2.45, 2.75) is 51.6 Å². The van der Waals surface area contributed by atoms with Crippen LogP contribution in [-0.4, -0.2) is 78.0 Å². The van der Waals surface area contributed by atoms with Gasteiger partial charge in [-0.1, -0.05) is 44.2 Å². The standard InChI is InChI=1S/C29H36N4O6/c1-29(2)18-23(20-10-11-24(38-3)25(17-20)39-4)31-33(27(29)35)21-12-14-32(15-13-21)26(34)22(30-28(36)37)16-19-8-6-5-7-9-19/h5-11,17,21-22,30H,12-16,18H2,1-4H3,(H,36,37)/t22-/m0/s1. The van der Waals surface area contributed by atoms with Crippen molar-refractivity contribution in [1.29, 1.82) is 0 Å². The first-order valence-corrected chi connectivity index (χ1v) is 13.1. The predicted octanol–water partition coefficient (Wildman–Crippen LogP) is 3.54. The van der Waals surface area contributed by atoms with Crippen LogP contribution >= 0.6 is 0 Å². The van der Waals surface area contributed by atoms with E-state index in [9.17, 15) is 19.5 Å². The second kappa shape index (κ2) is 11.8. The molecule has 0 radical (unpaired) electrons. The summed E-state index contributed by atoms with van der Waals surface area (Å²) in [5.74, 6) is 0.890. The normalized spacial score (nSPS) is 18.3. The smallest absolute Gasteiger partial charge is 0.405 e. The third-order valence-electron chi connectivity index (χ3n) is 7.34. The third kappa shape index (κ3) is 6.32. The van der Waals surface area contributed by atoms with Crippen LogP contribution in [0, 0.1) is 5.41 Å². The van der Waals surface area contributed by atoms with E-state index in [-0.39, 0.29) is 24.3 Å². The fourth-order valence-corrected chi connectivity index (χ4v) is 5.19. The molecule has 0 aliphatic carbocycles. The number of ether oxygens (including phenoxy) is 2. The summed E-state index contributed by atoms with van der Waals surface area (Å²) in [6.07, 6.45) is 0.598. The Labute approximate surface area is 228 Å². The second-order valence-corrected chi connectivity index (χ2v) is 10.6. The summed E-state index contributed by atoms with van der Waals surface area (Å²) in [4.78, 5) is 39.8. The van der Waals surface area contributed by atoms with Gasteiger partial charge in [-0.3, -0.25) is 9.59 Å². The number of benzene rings is 2. The van der Waals surface area contributed by atoms with E-state index in [0.717, 1.165) is 16.8 Å². The van der Waals surface area contributed by atoms with Gasteiger partial charge in [0.05, 0.1) is 31.4 Å². The van der Waals surface area contributed by atoms with Gasteiger partial charge in [-0.05, 0) is 36.6 Å². The number of hydrogen-bond donors (Lipinski definition) is 2. The summed E-state index contributed by atoms with van der Waals surface area (Å²) in [6, 6.07) is 13.9. The molecule has 39 heavy (non-hydrogen) atoms. The van der Waals surface area contributed by atoms with Gasteiger partial charge in [0.2, 0.25) is 11.8 Å². The van der Waals surface area contributed by atoms with E-state index < -0.39 is 17.6 Å². The highest BCUT2D eigenvalue weighted by atomic mass is 16.5. The molecule has 3 amide bonds. The van der Waals surface area contributed by atoms with E-state index in [1.54, 1.807) is 24.1 Å². The average Bonchev–Trinajstić information content (AvgIpc) is 2.93. The number of methoxy groups -OCH3 is 2. The lowest BCUT2D eigenvalue weighted by Gasteiger charge is -2.42. The van der Waals surface area contributed by atoms with Crippen LogP contribution < -0.4 is 14.8 Å². The topological polar surface area (TPSA) is 121 Å². The maximum absolute atomic E-state index is 13.4. The van der Waals surface area contributed by atoms with Gasteiger partial charge in [-0.25, -0.2) is 9.80 Å². The number of likely N-dealkylation sites (tertiary alicyclic amines) is 1. The van der Waals surface area contributed by atoms with Crippen molar-refractivity contribution in [2.75, 3.05) is 27.3 Å². The zero-order valence-electron chi connectivity index (χ0n) is 22.8. The summed E-state index contributed by atoms with van der Waals surface area (Å²) in [6.45, 7) is 4.65. The molecule has 1 fully saturated rings. The monoisotopic (exact) mass is 536 g/mol. The summed E-state index contributed by atoms with van der Waals surface area (Å²) in [5, 5.41) is 18.1. The maximum Gasteiger partial charge on any atom is 0.405 e. The van der Waals surface area contributed by atoms with E-state index >= 15 is 0 Å². The number of nitrogens with one attached hydrogen (secondary N) is 1. The number of hydrogen-bond acceptors (Lipinski definition) is 6. The molecule has 0 bridgehead atoms. The molecule has 0 unspecified atom stereocenters. The largest absolute Gasteiger partial charge is 0.493 e. The lowest BCUT2D eigenvalue weighted by Crippen LogP contribution is -2.55.